The van der Waals surface area contributed by atoms with Crippen molar-refractivity contribution in [2.45, 2.75) is 63.5 Å². The predicted octanol–water partition coefficient (Wildman–Crippen LogP) is 3.79. The second-order valence-corrected chi connectivity index (χ2v) is 8.74. The lowest BCUT2D eigenvalue weighted by molar-refractivity contribution is 0.0250. The third-order valence-corrected chi connectivity index (χ3v) is 7.22. The van der Waals surface area contributed by atoms with Crippen LogP contribution < -0.4 is 5.32 Å². The van der Waals surface area contributed by atoms with Crippen LogP contribution in [0.1, 0.15) is 51.4 Å². The van der Waals surface area contributed by atoms with E-state index in [0.29, 0.717) is 11.8 Å². The average Bonchev–Trinajstić information content (AvgIpc) is 2.56. The van der Waals surface area contributed by atoms with E-state index in [-0.39, 0.29) is 18.1 Å². The van der Waals surface area contributed by atoms with Crippen LogP contribution >= 0.6 is 0 Å². The van der Waals surface area contributed by atoms with Crippen molar-refractivity contribution in [2.24, 2.45) is 29.6 Å². The largest absolute Gasteiger partial charge is 0.501 e. The molecule has 25 heavy (non-hydrogen) atoms. The Morgan fingerprint density at radius 2 is 1.60 bits per heavy atom. The van der Waals surface area contributed by atoms with Gasteiger partial charge in [-0.05, 0) is 80.6 Å². The Kier molecular flexibility index (Phi) is 4.69. The van der Waals surface area contributed by atoms with Crippen molar-refractivity contribution in [1.82, 2.24) is 5.32 Å². The van der Waals surface area contributed by atoms with E-state index in [2.05, 4.69) is 5.32 Å². The van der Waals surface area contributed by atoms with Crippen LogP contribution in [0.3, 0.4) is 0 Å². The summed E-state index contributed by atoms with van der Waals surface area (Å²) in [4.78, 5) is 11.1. The zero-order valence-electron chi connectivity index (χ0n) is 15.4. The van der Waals surface area contributed by atoms with Gasteiger partial charge in [-0.3, -0.25) is 0 Å². The molecule has 0 spiro atoms. The van der Waals surface area contributed by atoms with Crippen LogP contribution in [0.4, 0.5) is 4.79 Å². The Balaban J connectivity index is 1.60. The van der Waals surface area contributed by atoms with E-state index in [1.807, 2.05) is 7.11 Å². The maximum absolute atomic E-state index is 11.1. The van der Waals surface area contributed by atoms with E-state index in [1.165, 1.54) is 37.9 Å². The van der Waals surface area contributed by atoms with E-state index in [9.17, 15) is 4.79 Å². The highest BCUT2D eigenvalue weighted by Gasteiger charge is 2.47. The first-order chi connectivity index (χ1) is 12.1. The quantitative estimate of drug-likeness (QED) is 0.758. The number of nitrogens with one attached hydrogen (secondary N) is 1. The molecule has 2 N–H and O–H groups in total. The van der Waals surface area contributed by atoms with Crippen molar-refractivity contribution >= 4 is 6.09 Å². The number of carbonyl (C=O) groups is 1. The lowest BCUT2D eigenvalue weighted by Crippen LogP contribution is -2.45. The number of carboxylic acid groups (broad SMARTS) is 1. The molecule has 5 fully saturated rings. The van der Waals surface area contributed by atoms with Gasteiger partial charge in [0, 0.05) is 19.1 Å². The number of amides is 1. The molecule has 5 nitrogen and oxygen atoms in total. The number of hydrogen-bond donors (Lipinski definition) is 2. The van der Waals surface area contributed by atoms with Crippen molar-refractivity contribution in [2.75, 3.05) is 14.2 Å². The molecule has 5 saturated carbocycles. The standard InChI is InChI=1S/C20H31NO4/c1-24-17-9-15(8-16(10-17)21-20(22)23)19(25-2)18-13-4-11-3-12(6-13)7-14(18)5-11/h11-17,21H,3-10H2,1-2H3,(H,22,23). The monoisotopic (exact) mass is 349 g/mol. The van der Waals surface area contributed by atoms with Gasteiger partial charge in [-0.25, -0.2) is 4.79 Å². The minimum absolute atomic E-state index is 0.0521. The van der Waals surface area contributed by atoms with E-state index < -0.39 is 6.09 Å². The van der Waals surface area contributed by atoms with Gasteiger partial charge in [0.25, 0.3) is 0 Å². The van der Waals surface area contributed by atoms with Gasteiger partial charge in [0.15, 0.2) is 0 Å². The molecule has 5 rings (SSSR count). The van der Waals surface area contributed by atoms with Crippen molar-refractivity contribution < 1.29 is 19.4 Å². The smallest absolute Gasteiger partial charge is 0.404 e. The van der Waals surface area contributed by atoms with Gasteiger partial charge < -0.3 is 19.9 Å². The normalized spacial score (nSPS) is 42.3. The van der Waals surface area contributed by atoms with Crippen LogP contribution in [-0.4, -0.2) is 37.6 Å². The topological polar surface area (TPSA) is 67.8 Å². The van der Waals surface area contributed by atoms with Gasteiger partial charge in [0.2, 0.25) is 0 Å². The summed E-state index contributed by atoms with van der Waals surface area (Å²) in [6.07, 6.45) is 8.47. The fourth-order valence-electron chi connectivity index (χ4n) is 6.58. The van der Waals surface area contributed by atoms with Gasteiger partial charge in [-0.15, -0.1) is 0 Å². The summed E-state index contributed by atoms with van der Waals surface area (Å²) in [5.74, 6) is 4.73. The highest BCUT2D eigenvalue weighted by Crippen LogP contribution is 2.58. The molecule has 0 aromatic heterocycles. The van der Waals surface area contributed by atoms with Crippen LogP contribution in [0.5, 0.6) is 0 Å². The minimum atomic E-state index is -0.943. The van der Waals surface area contributed by atoms with Gasteiger partial charge in [-0.2, -0.15) is 0 Å². The van der Waals surface area contributed by atoms with E-state index >= 15 is 0 Å². The summed E-state index contributed by atoms with van der Waals surface area (Å²) in [7, 11) is 3.54. The molecular formula is C20H31NO4. The number of methoxy groups -OCH3 is 2. The first kappa shape index (κ1) is 17.2. The molecular weight excluding hydrogens is 318 g/mol. The highest BCUT2D eigenvalue weighted by atomic mass is 16.5. The first-order valence-electron chi connectivity index (χ1n) is 9.87. The maximum Gasteiger partial charge on any atom is 0.404 e. The Labute approximate surface area is 150 Å². The second-order valence-electron chi connectivity index (χ2n) is 8.74. The number of rotatable bonds is 4. The van der Waals surface area contributed by atoms with Crippen LogP contribution in [0, 0.1) is 29.6 Å². The molecule has 5 aliphatic carbocycles. The van der Waals surface area contributed by atoms with E-state index in [4.69, 9.17) is 14.6 Å². The lowest BCUT2D eigenvalue weighted by atomic mass is 9.53. The SMILES string of the molecule is COC(=C1C2CC3CC(C2)CC1C3)C1CC(NC(=O)O)CC(OC)C1. The molecule has 3 unspecified atom stereocenters. The molecule has 0 aromatic rings. The molecule has 0 aliphatic heterocycles. The van der Waals surface area contributed by atoms with Gasteiger partial charge >= 0.3 is 6.09 Å². The maximum atomic E-state index is 11.1. The van der Waals surface area contributed by atoms with E-state index in [1.54, 1.807) is 12.7 Å². The average molecular weight is 349 g/mol. The molecule has 4 bridgehead atoms. The zero-order valence-corrected chi connectivity index (χ0v) is 15.4. The first-order valence-corrected chi connectivity index (χ1v) is 9.87. The number of ether oxygens (including phenoxy) is 2. The number of allylic oxidation sites excluding steroid dienone is 2. The zero-order chi connectivity index (χ0) is 17.6. The predicted molar refractivity (Wildman–Crippen MR) is 94.2 cm³/mol. The minimum Gasteiger partial charge on any atom is -0.501 e. The molecule has 5 aliphatic rings. The molecule has 0 heterocycles. The van der Waals surface area contributed by atoms with Crippen LogP contribution in [0.15, 0.2) is 11.3 Å². The third-order valence-electron chi connectivity index (χ3n) is 7.22. The summed E-state index contributed by atoms with van der Waals surface area (Å²) < 4.78 is 11.6. The lowest BCUT2D eigenvalue weighted by Gasteiger charge is -2.52. The highest BCUT2D eigenvalue weighted by molar-refractivity contribution is 5.64. The molecule has 5 heteroatoms. The van der Waals surface area contributed by atoms with Gasteiger partial charge in [-0.1, -0.05) is 0 Å². The van der Waals surface area contributed by atoms with Crippen molar-refractivity contribution in [3.8, 4) is 0 Å². The summed E-state index contributed by atoms with van der Waals surface area (Å²) in [6.45, 7) is 0. The summed E-state index contributed by atoms with van der Waals surface area (Å²) in [5, 5.41) is 11.8. The Morgan fingerprint density at radius 3 is 2.12 bits per heavy atom. The molecule has 1 amide bonds. The van der Waals surface area contributed by atoms with Crippen LogP contribution in [-0.2, 0) is 9.47 Å². The van der Waals surface area contributed by atoms with Crippen molar-refractivity contribution in [3.63, 3.8) is 0 Å². The fourth-order valence-corrected chi connectivity index (χ4v) is 6.58. The molecule has 0 aromatic carbocycles. The van der Waals surface area contributed by atoms with Crippen LogP contribution in [0.2, 0.25) is 0 Å². The summed E-state index contributed by atoms with van der Waals surface area (Å²) >= 11 is 0. The van der Waals surface area contributed by atoms with Crippen molar-refractivity contribution in [1.29, 1.82) is 0 Å². The third kappa shape index (κ3) is 3.27. The molecule has 0 radical (unpaired) electrons. The summed E-state index contributed by atoms with van der Waals surface area (Å²) in [6, 6.07) is -0.0521. The Hall–Kier alpha value is -1.23. The second kappa shape index (κ2) is 6.82. The molecule has 140 valence electrons. The number of hydrogen-bond acceptors (Lipinski definition) is 3. The molecule has 0 saturated heterocycles. The van der Waals surface area contributed by atoms with E-state index in [0.717, 1.165) is 31.1 Å². The molecule has 3 atom stereocenters. The van der Waals surface area contributed by atoms with Crippen LogP contribution in [0.25, 0.3) is 0 Å². The summed E-state index contributed by atoms with van der Waals surface area (Å²) in [5.41, 5.74) is 1.59. The van der Waals surface area contributed by atoms with Crippen molar-refractivity contribution in [3.05, 3.63) is 11.3 Å². The fraction of sp³-hybridized carbons (Fsp3) is 0.850. The van der Waals surface area contributed by atoms with Gasteiger partial charge in [0.1, 0.15) is 0 Å². The Morgan fingerprint density at radius 1 is 0.960 bits per heavy atom. The Bertz CT molecular complexity index is 528. The van der Waals surface area contributed by atoms with Gasteiger partial charge in [0.05, 0.1) is 19.0 Å².